The number of likely N-dealkylation sites (tertiary alicyclic amines) is 1. The van der Waals surface area contributed by atoms with Crippen LogP contribution in [0.5, 0.6) is 0 Å². The fourth-order valence-corrected chi connectivity index (χ4v) is 3.70. The molecule has 16 heavy (non-hydrogen) atoms. The Bertz CT molecular complexity index is 311. The van der Waals surface area contributed by atoms with Crippen LogP contribution in [-0.4, -0.2) is 17.5 Å². The zero-order chi connectivity index (χ0) is 11.8. The van der Waals surface area contributed by atoms with E-state index in [1.54, 1.807) is 11.1 Å². The first kappa shape index (κ1) is 11.8. The summed E-state index contributed by atoms with van der Waals surface area (Å²) in [5, 5.41) is 0. The molecule has 1 heterocycles. The van der Waals surface area contributed by atoms with Crippen LogP contribution in [0.3, 0.4) is 0 Å². The zero-order valence-electron chi connectivity index (χ0n) is 11.1. The van der Waals surface area contributed by atoms with E-state index in [2.05, 4.69) is 32.3 Å². The predicted molar refractivity (Wildman–Crippen MR) is 70.3 cm³/mol. The molecule has 0 aromatic carbocycles. The van der Waals surface area contributed by atoms with Gasteiger partial charge in [0.1, 0.15) is 0 Å². The molecule has 0 saturated carbocycles. The van der Waals surface area contributed by atoms with Gasteiger partial charge in [0, 0.05) is 6.54 Å². The summed E-state index contributed by atoms with van der Waals surface area (Å²) in [6, 6.07) is 0.646. The molecular formula is C15H25N. The molecule has 0 amide bonds. The maximum Gasteiger partial charge on any atom is 0.0504 e. The molecular weight excluding hydrogens is 194 g/mol. The largest absolute Gasteiger partial charge is 0.371 e. The SMILES string of the molecule is C=CN1CCCC1C1=C(C)CCCC1(C)C. The number of rotatable bonds is 2. The fourth-order valence-electron chi connectivity index (χ4n) is 3.70. The molecule has 1 heteroatoms. The van der Waals surface area contributed by atoms with Gasteiger partial charge in [-0.1, -0.05) is 26.0 Å². The second kappa shape index (κ2) is 4.27. The van der Waals surface area contributed by atoms with Crippen molar-refractivity contribution in [2.45, 2.75) is 58.9 Å². The first-order valence-corrected chi connectivity index (χ1v) is 6.64. The van der Waals surface area contributed by atoms with E-state index in [0.29, 0.717) is 11.5 Å². The lowest BCUT2D eigenvalue weighted by Crippen LogP contribution is -2.35. The molecule has 0 bridgehead atoms. The van der Waals surface area contributed by atoms with Gasteiger partial charge in [-0.05, 0) is 56.2 Å². The van der Waals surface area contributed by atoms with Crippen LogP contribution in [0.15, 0.2) is 23.9 Å². The van der Waals surface area contributed by atoms with Crippen molar-refractivity contribution in [1.29, 1.82) is 0 Å². The van der Waals surface area contributed by atoms with Crippen LogP contribution in [0.1, 0.15) is 52.9 Å². The summed E-state index contributed by atoms with van der Waals surface area (Å²) in [5.74, 6) is 0. The highest BCUT2D eigenvalue weighted by molar-refractivity contribution is 5.29. The highest BCUT2D eigenvalue weighted by atomic mass is 15.2. The molecule has 1 unspecified atom stereocenters. The fraction of sp³-hybridized carbons (Fsp3) is 0.733. The minimum Gasteiger partial charge on any atom is -0.371 e. The van der Waals surface area contributed by atoms with Crippen molar-refractivity contribution in [1.82, 2.24) is 4.90 Å². The van der Waals surface area contributed by atoms with Crippen molar-refractivity contribution in [3.63, 3.8) is 0 Å². The van der Waals surface area contributed by atoms with E-state index in [4.69, 9.17) is 0 Å². The normalized spacial score (nSPS) is 29.7. The molecule has 0 aromatic heterocycles. The van der Waals surface area contributed by atoms with Gasteiger partial charge < -0.3 is 4.90 Å². The Hall–Kier alpha value is -0.720. The maximum absolute atomic E-state index is 3.96. The summed E-state index contributed by atoms with van der Waals surface area (Å²) < 4.78 is 0. The third-order valence-corrected chi connectivity index (χ3v) is 4.40. The minimum absolute atomic E-state index is 0.401. The molecule has 1 fully saturated rings. The average Bonchev–Trinajstić information content (AvgIpc) is 2.64. The third kappa shape index (κ3) is 1.92. The molecule has 0 N–H and O–H groups in total. The summed E-state index contributed by atoms with van der Waals surface area (Å²) in [7, 11) is 0. The van der Waals surface area contributed by atoms with E-state index in [-0.39, 0.29) is 0 Å². The number of hydrogen-bond acceptors (Lipinski definition) is 1. The van der Waals surface area contributed by atoms with Gasteiger partial charge in [0.2, 0.25) is 0 Å². The van der Waals surface area contributed by atoms with Crippen LogP contribution in [0.25, 0.3) is 0 Å². The lowest BCUT2D eigenvalue weighted by atomic mass is 9.69. The molecule has 1 nitrogen and oxygen atoms in total. The number of hydrogen-bond donors (Lipinski definition) is 0. The molecule has 1 saturated heterocycles. The van der Waals surface area contributed by atoms with Crippen LogP contribution < -0.4 is 0 Å². The van der Waals surface area contributed by atoms with Crippen LogP contribution in [-0.2, 0) is 0 Å². The molecule has 1 aliphatic carbocycles. The van der Waals surface area contributed by atoms with Gasteiger partial charge >= 0.3 is 0 Å². The van der Waals surface area contributed by atoms with E-state index in [1.165, 1.54) is 38.6 Å². The first-order chi connectivity index (χ1) is 7.56. The van der Waals surface area contributed by atoms with Gasteiger partial charge in [-0.2, -0.15) is 0 Å². The van der Waals surface area contributed by atoms with E-state index >= 15 is 0 Å². The Labute approximate surface area is 100 Å². The predicted octanol–water partition coefficient (Wildman–Crippen LogP) is 4.12. The van der Waals surface area contributed by atoms with Gasteiger partial charge in [-0.15, -0.1) is 0 Å². The van der Waals surface area contributed by atoms with Crippen molar-refractivity contribution in [2.75, 3.05) is 6.54 Å². The van der Waals surface area contributed by atoms with E-state index in [0.717, 1.165) is 0 Å². The smallest absolute Gasteiger partial charge is 0.0504 e. The van der Waals surface area contributed by atoms with Crippen molar-refractivity contribution >= 4 is 0 Å². The quantitative estimate of drug-likeness (QED) is 0.631. The van der Waals surface area contributed by atoms with E-state index in [1.807, 2.05) is 6.20 Å². The van der Waals surface area contributed by atoms with Gasteiger partial charge in [0.05, 0.1) is 6.04 Å². The highest BCUT2D eigenvalue weighted by Gasteiger charge is 2.37. The van der Waals surface area contributed by atoms with Crippen molar-refractivity contribution < 1.29 is 0 Å². The Morgan fingerprint density at radius 3 is 2.75 bits per heavy atom. The standard InChI is InChI=1S/C15H25N/c1-5-16-11-7-9-13(16)14-12(2)8-6-10-15(14,3)4/h5,13H,1,6-11H2,2-4H3. The van der Waals surface area contributed by atoms with E-state index < -0.39 is 0 Å². The van der Waals surface area contributed by atoms with Crippen molar-refractivity contribution in [2.24, 2.45) is 5.41 Å². The van der Waals surface area contributed by atoms with Crippen LogP contribution >= 0.6 is 0 Å². The average molecular weight is 219 g/mol. The topological polar surface area (TPSA) is 3.24 Å². The molecule has 1 atom stereocenters. The molecule has 90 valence electrons. The van der Waals surface area contributed by atoms with Gasteiger partial charge in [-0.3, -0.25) is 0 Å². The molecule has 0 aromatic rings. The lowest BCUT2D eigenvalue weighted by molar-refractivity contribution is 0.283. The Morgan fingerprint density at radius 1 is 1.38 bits per heavy atom. The Kier molecular flexibility index (Phi) is 3.14. The summed E-state index contributed by atoms with van der Waals surface area (Å²) in [4.78, 5) is 2.45. The zero-order valence-corrected chi connectivity index (χ0v) is 11.1. The summed E-state index contributed by atoms with van der Waals surface area (Å²) in [6.45, 7) is 12.3. The van der Waals surface area contributed by atoms with Gasteiger partial charge in [0.25, 0.3) is 0 Å². The summed E-state index contributed by atoms with van der Waals surface area (Å²) in [6.07, 6.45) is 8.71. The molecule has 0 spiro atoms. The molecule has 0 radical (unpaired) electrons. The Balaban J connectivity index is 2.33. The molecule has 2 rings (SSSR count). The summed E-state index contributed by atoms with van der Waals surface area (Å²) in [5.41, 5.74) is 3.77. The second-order valence-electron chi connectivity index (χ2n) is 6.01. The van der Waals surface area contributed by atoms with Crippen LogP contribution in [0.4, 0.5) is 0 Å². The van der Waals surface area contributed by atoms with Crippen LogP contribution in [0.2, 0.25) is 0 Å². The molecule has 2 aliphatic rings. The summed E-state index contributed by atoms with van der Waals surface area (Å²) >= 11 is 0. The second-order valence-corrected chi connectivity index (χ2v) is 6.01. The van der Waals surface area contributed by atoms with Crippen LogP contribution in [0, 0.1) is 5.41 Å². The van der Waals surface area contributed by atoms with Gasteiger partial charge in [0.15, 0.2) is 0 Å². The first-order valence-electron chi connectivity index (χ1n) is 6.64. The monoisotopic (exact) mass is 219 g/mol. The van der Waals surface area contributed by atoms with E-state index in [9.17, 15) is 0 Å². The highest BCUT2D eigenvalue weighted by Crippen LogP contribution is 2.45. The van der Waals surface area contributed by atoms with Crippen molar-refractivity contribution in [3.05, 3.63) is 23.9 Å². The number of nitrogens with zero attached hydrogens (tertiary/aromatic N) is 1. The third-order valence-electron chi connectivity index (χ3n) is 4.40. The Morgan fingerprint density at radius 2 is 2.12 bits per heavy atom. The maximum atomic E-state index is 3.96. The molecule has 1 aliphatic heterocycles. The minimum atomic E-state index is 0.401. The lowest BCUT2D eigenvalue weighted by Gasteiger charge is -2.40. The van der Waals surface area contributed by atoms with Gasteiger partial charge in [-0.25, -0.2) is 0 Å². The van der Waals surface area contributed by atoms with Crippen molar-refractivity contribution in [3.8, 4) is 0 Å². The number of allylic oxidation sites excluding steroid dienone is 1.